The summed E-state index contributed by atoms with van der Waals surface area (Å²) in [7, 11) is -3.79. The number of allylic oxidation sites excluding steroid dienone is 1. The minimum Gasteiger partial charge on any atom is -0.387 e. The first-order chi connectivity index (χ1) is 13.6. The van der Waals surface area contributed by atoms with E-state index in [0.29, 0.717) is 28.4 Å². The third-order valence-corrected chi connectivity index (χ3v) is 6.63. The predicted molar refractivity (Wildman–Crippen MR) is 120 cm³/mol. The summed E-state index contributed by atoms with van der Waals surface area (Å²) >= 11 is 0. The summed E-state index contributed by atoms with van der Waals surface area (Å²) < 4.78 is 29.2. The van der Waals surface area contributed by atoms with Gasteiger partial charge < -0.3 is 5.11 Å². The van der Waals surface area contributed by atoms with E-state index in [1.807, 2.05) is 55.5 Å². The third kappa shape index (κ3) is 6.81. The molecule has 2 rings (SSSR count). The molecule has 0 saturated carbocycles. The van der Waals surface area contributed by atoms with E-state index in [-0.39, 0.29) is 0 Å². The van der Waals surface area contributed by atoms with Gasteiger partial charge in [-0.1, -0.05) is 74.0 Å². The van der Waals surface area contributed by atoms with Crippen LogP contribution in [0.3, 0.4) is 0 Å². The summed E-state index contributed by atoms with van der Waals surface area (Å²) in [5.74, 6) is 0.473. The van der Waals surface area contributed by atoms with Crippen LogP contribution in [0.15, 0.2) is 59.5 Å². The molecule has 0 aliphatic carbocycles. The number of hydrogen-bond donors (Lipinski definition) is 2. The first-order valence-electron chi connectivity index (χ1n) is 10.1. The van der Waals surface area contributed by atoms with Crippen LogP contribution in [0.25, 0.3) is 0 Å². The van der Waals surface area contributed by atoms with Crippen LogP contribution in [0.4, 0.5) is 0 Å². The summed E-state index contributed by atoms with van der Waals surface area (Å²) in [5, 5.41) is 10.8. The maximum Gasteiger partial charge on any atom is 0.241 e. The highest BCUT2D eigenvalue weighted by Crippen LogP contribution is 2.23. The Kier molecular flexibility index (Phi) is 8.20. The van der Waals surface area contributed by atoms with Crippen LogP contribution in [0, 0.1) is 26.7 Å². The fourth-order valence-corrected chi connectivity index (χ4v) is 5.28. The molecule has 0 spiro atoms. The highest BCUT2D eigenvalue weighted by Gasteiger charge is 2.27. The molecule has 158 valence electrons. The van der Waals surface area contributed by atoms with Crippen LogP contribution >= 0.6 is 0 Å². The molecule has 0 aliphatic rings. The van der Waals surface area contributed by atoms with Crippen molar-refractivity contribution in [2.75, 3.05) is 0 Å². The van der Waals surface area contributed by atoms with E-state index in [9.17, 15) is 13.5 Å². The Bertz CT molecular complexity index is 911. The van der Waals surface area contributed by atoms with Crippen molar-refractivity contribution in [3.05, 3.63) is 76.9 Å². The highest BCUT2D eigenvalue weighted by molar-refractivity contribution is 7.89. The van der Waals surface area contributed by atoms with Gasteiger partial charge in [0.25, 0.3) is 0 Å². The molecule has 0 heterocycles. The van der Waals surface area contributed by atoms with Crippen LogP contribution in [0.5, 0.6) is 0 Å². The Balaban J connectivity index is 2.34. The van der Waals surface area contributed by atoms with Crippen LogP contribution < -0.4 is 4.72 Å². The van der Waals surface area contributed by atoms with Crippen LogP contribution in [0.1, 0.15) is 42.5 Å². The van der Waals surface area contributed by atoms with Crippen molar-refractivity contribution in [3.63, 3.8) is 0 Å². The van der Waals surface area contributed by atoms with E-state index < -0.39 is 22.2 Å². The van der Waals surface area contributed by atoms with Crippen molar-refractivity contribution in [1.82, 2.24) is 4.72 Å². The molecule has 29 heavy (non-hydrogen) atoms. The molecule has 0 amide bonds. The number of aryl methyl sites for hydroxylation is 3. The second kappa shape index (κ2) is 10.2. The molecule has 0 radical (unpaired) electrons. The zero-order chi connectivity index (χ0) is 21.6. The maximum absolute atomic E-state index is 13.2. The Morgan fingerprint density at radius 3 is 2.17 bits per heavy atom. The van der Waals surface area contributed by atoms with E-state index in [1.54, 1.807) is 19.9 Å². The van der Waals surface area contributed by atoms with Gasteiger partial charge in [0.15, 0.2) is 0 Å². The Labute approximate surface area is 175 Å². The molecule has 0 fully saturated rings. The minimum absolute atomic E-state index is 0.291. The standard InChI is InChI=1S/C24H33NO3S/c1-17(2)10-9-13-23(26)22(16-21-11-7-6-8-12-21)25-29(27,28)24-19(4)14-18(3)15-20(24)5/h6-9,11-15,17,22-23,25-26H,10,16H2,1-5H3/b13-9+/t22-,23+/m0/s1. The molecule has 4 nitrogen and oxygen atoms in total. The van der Waals surface area contributed by atoms with E-state index in [0.717, 1.165) is 17.5 Å². The Hall–Kier alpha value is -1.95. The quantitative estimate of drug-likeness (QED) is 0.594. The number of aliphatic hydroxyl groups excluding tert-OH is 1. The molecule has 2 atom stereocenters. The average molecular weight is 416 g/mol. The lowest BCUT2D eigenvalue weighted by Crippen LogP contribution is -2.44. The molecule has 0 saturated heterocycles. The van der Waals surface area contributed by atoms with Crippen molar-refractivity contribution in [2.45, 2.75) is 64.5 Å². The van der Waals surface area contributed by atoms with Crippen molar-refractivity contribution >= 4 is 10.0 Å². The number of hydrogen-bond acceptors (Lipinski definition) is 3. The van der Waals surface area contributed by atoms with Crippen LogP contribution in [-0.4, -0.2) is 25.7 Å². The van der Waals surface area contributed by atoms with E-state index in [1.165, 1.54) is 0 Å². The molecule has 2 aromatic carbocycles. The van der Waals surface area contributed by atoms with Gasteiger partial charge in [-0.05, 0) is 56.2 Å². The predicted octanol–water partition coefficient (Wildman–Crippen LogP) is 4.46. The van der Waals surface area contributed by atoms with Crippen molar-refractivity contribution in [1.29, 1.82) is 0 Å². The zero-order valence-electron chi connectivity index (χ0n) is 18.0. The first-order valence-corrected chi connectivity index (χ1v) is 11.6. The fourth-order valence-electron chi connectivity index (χ4n) is 3.57. The van der Waals surface area contributed by atoms with Crippen molar-refractivity contribution in [2.24, 2.45) is 5.92 Å². The van der Waals surface area contributed by atoms with E-state index in [4.69, 9.17) is 0 Å². The maximum atomic E-state index is 13.2. The first kappa shape index (κ1) is 23.3. The SMILES string of the molecule is Cc1cc(C)c(S(=O)(=O)N[C@@H](Cc2ccccc2)[C@H](O)/C=C/CC(C)C)c(C)c1. The van der Waals surface area contributed by atoms with Gasteiger partial charge in [0, 0.05) is 0 Å². The zero-order valence-corrected chi connectivity index (χ0v) is 18.8. The number of rotatable bonds is 9. The van der Waals surface area contributed by atoms with Crippen molar-refractivity contribution < 1.29 is 13.5 Å². The third-order valence-electron chi connectivity index (χ3n) is 4.83. The van der Waals surface area contributed by atoms with E-state index in [2.05, 4.69) is 18.6 Å². The average Bonchev–Trinajstić information content (AvgIpc) is 2.60. The highest BCUT2D eigenvalue weighted by atomic mass is 32.2. The second-order valence-electron chi connectivity index (χ2n) is 8.19. The number of sulfonamides is 1. The lowest BCUT2D eigenvalue weighted by Gasteiger charge is -2.24. The topological polar surface area (TPSA) is 66.4 Å². The molecule has 0 bridgehead atoms. The van der Waals surface area contributed by atoms with Crippen LogP contribution in [-0.2, 0) is 16.4 Å². The minimum atomic E-state index is -3.79. The fraction of sp³-hybridized carbons (Fsp3) is 0.417. The molecule has 0 aliphatic heterocycles. The molecule has 0 unspecified atom stereocenters. The van der Waals surface area contributed by atoms with Gasteiger partial charge in [-0.15, -0.1) is 0 Å². The van der Waals surface area contributed by atoms with Gasteiger partial charge in [0.1, 0.15) is 0 Å². The summed E-state index contributed by atoms with van der Waals surface area (Å²) in [6, 6.07) is 12.7. The second-order valence-corrected chi connectivity index (χ2v) is 9.84. The number of benzene rings is 2. The monoisotopic (exact) mass is 415 g/mol. The largest absolute Gasteiger partial charge is 0.387 e. The summed E-state index contributed by atoms with van der Waals surface area (Å²) in [4.78, 5) is 0.291. The van der Waals surface area contributed by atoms with Gasteiger partial charge in [0.2, 0.25) is 10.0 Å². The molecular weight excluding hydrogens is 382 g/mol. The Morgan fingerprint density at radius 1 is 1.03 bits per heavy atom. The number of nitrogens with one attached hydrogen (secondary N) is 1. The van der Waals surface area contributed by atoms with Gasteiger partial charge in [-0.25, -0.2) is 13.1 Å². The van der Waals surface area contributed by atoms with Gasteiger partial charge in [0.05, 0.1) is 17.0 Å². The summed E-state index contributed by atoms with van der Waals surface area (Å²) in [5.41, 5.74) is 3.40. The number of aliphatic hydroxyl groups is 1. The lowest BCUT2D eigenvalue weighted by atomic mass is 10.0. The summed E-state index contributed by atoms with van der Waals surface area (Å²) in [6.07, 6.45) is 3.93. The normalized spacial score (nSPS) is 14.4. The van der Waals surface area contributed by atoms with Crippen LogP contribution in [0.2, 0.25) is 0 Å². The van der Waals surface area contributed by atoms with Crippen molar-refractivity contribution in [3.8, 4) is 0 Å². The molecule has 0 aromatic heterocycles. The van der Waals surface area contributed by atoms with Gasteiger partial charge in [-0.3, -0.25) is 0 Å². The van der Waals surface area contributed by atoms with Gasteiger partial charge >= 0.3 is 0 Å². The Morgan fingerprint density at radius 2 is 1.62 bits per heavy atom. The molecule has 5 heteroatoms. The summed E-state index contributed by atoms with van der Waals surface area (Å²) in [6.45, 7) is 9.76. The lowest BCUT2D eigenvalue weighted by molar-refractivity contribution is 0.182. The van der Waals surface area contributed by atoms with E-state index >= 15 is 0 Å². The molecule has 2 aromatic rings. The molecule has 2 N–H and O–H groups in total. The van der Waals surface area contributed by atoms with Gasteiger partial charge in [-0.2, -0.15) is 0 Å². The molecular formula is C24H33NO3S. The smallest absolute Gasteiger partial charge is 0.241 e.